The molecule has 0 amide bonds. The van der Waals surface area contributed by atoms with Crippen LogP contribution >= 0.6 is 71.5 Å². The first-order valence-corrected chi connectivity index (χ1v) is 11.6. The van der Waals surface area contributed by atoms with E-state index in [0.717, 1.165) is 6.08 Å². The van der Waals surface area contributed by atoms with Gasteiger partial charge in [-0.1, -0.05) is 70.3 Å². The number of hydrogen-bond acceptors (Lipinski definition) is 6. The number of rotatable bonds is 12. The van der Waals surface area contributed by atoms with E-state index in [9.17, 15) is 9.36 Å². The van der Waals surface area contributed by atoms with Crippen LogP contribution in [0.4, 0.5) is 0 Å². The first-order chi connectivity index (χ1) is 10.3. The van der Waals surface area contributed by atoms with Crippen molar-refractivity contribution in [3.8, 4) is 0 Å². The fourth-order valence-electron chi connectivity index (χ4n) is 0.947. The van der Waals surface area contributed by atoms with Crippen LogP contribution in [0.15, 0.2) is 12.7 Å². The molecule has 3 atom stereocenters. The number of halogens is 4. The maximum absolute atomic E-state index is 12.6. The molecule has 0 heterocycles. The number of phosphoric ester groups is 1. The quantitative estimate of drug-likeness (QED) is 0.109. The Hall–Kier alpha value is 1.24. The van der Waals surface area contributed by atoms with Gasteiger partial charge < -0.3 is 4.74 Å². The van der Waals surface area contributed by atoms with Crippen molar-refractivity contribution < 1.29 is 27.7 Å². The van der Waals surface area contributed by atoms with E-state index in [2.05, 4.69) is 70.3 Å². The van der Waals surface area contributed by atoms with E-state index in [-0.39, 0.29) is 22.9 Å². The standard InChI is InChI=1S/C11H17Br4O6P/c1-3-11(16)20-8(2)21-22(17,18-6-9(14)4-12)19-7-10(15)5-13/h3,8-10H,1,4-7H2,2H3. The largest absolute Gasteiger partial charge is 0.477 e. The summed E-state index contributed by atoms with van der Waals surface area (Å²) in [6, 6.07) is 0. The second-order valence-corrected chi connectivity index (χ2v) is 9.36. The van der Waals surface area contributed by atoms with E-state index in [1.165, 1.54) is 6.92 Å². The molecule has 0 aliphatic rings. The van der Waals surface area contributed by atoms with E-state index in [1.54, 1.807) is 0 Å². The van der Waals surface area contributed by atoms with Crippen molar-refractivity contribution in [1.82, 2.24) is 0 Å². The second-order valence-electron chi connectivity index (χ2n) is 3.86. The summed E-state index contributed by atoms with van der Waals surface area (Å²) in [6.07, 6.45) is -0.127. The van der Waals surface area contributed by atoms with Crippen LogP contribution in [0, 0.1) is 0 Å². The Balaban J connectivity index is 4.71. The average molecular weight is 596 g/mol. The van der Waals surface area contributed by atoms with Gasteiger partial charge in [0, 0.05) is 26.4 Å². The molecule has 0 aromatic rings. The first kappa shape index (κ1) is 23.2. The third-order valence-electron chi connectivity index (χ3n) is 1.89. The average Bonchev–Trinajstić information content (AvgIpc) is 2.49. The molecule has 0 bridgehead atoms. The highest BCUT2D eigenvalue weighted by molar-refractivity contribution is 9.12. The van der Waals surface area contributed by atoms with Crippen LogP contribution in [0.1, 0.15) is 6.92 Å². The minimum Gasteiger partial charge on any atom is -0.432 e. The fourth-order valence-corrected chi connectivity index (χ4v) is 3.32. The van der Waals surface area contributed by atoms with Gasteiger partial charge in [-0.2, -0.15) is 0 Å². The topological polar surface area (TPSA) is 71.1 Å². The molecule has 0 aromatic heterocycles. The lowest BCUT2D eigenvalue weighted by molar-refractivity contribution is -0.157. The van der Waals surface area contributed by atoms with E-state index < -0.39 is 20.1 Å². The van der Waals surface area contributed by atoms with Gasteiger partial charge in [0.15, 0.2) is 0 Å². The molecule has 0 radical (unpaired) electrons. The summed E-state index contributed by atoms with van der Waals surface area (Å²) >= 11 is 13.2. The number of alkyl halides is 4. The van der Waals surface area contributed by atoms with Gasteiger partial charge in [0.1, 0.15) is 0 Å². The molecule has 22 heavy (non-hydrogen) atoms. The number of carbonyl (C=O) groups is 1. The third-order valence-corrected chi connectivity index (χ3v) is 7.85. The normalized spacial score (nSPS) is 18.0. The van der Waals surface area contributed by atoms with E-state index in [0.29, 0.717) is 10.7 Å². The fraction of sp³-hybridized carbons (Fsp3) is 0.727. The van der Waals surface area contributed by atoms with Gasteiger partial charge in [0.2, 0.25) is 6.29 Å². The summed E-state index contributed by atoms with van der Waals surface area (Å²) in [7, 11) is -3.89. The number of phosphoric acid groups is 1. The maximum Gasteiger partial charge on any atom is 0.477 e. The Morgan fingerprint density at radius 3 is 2.00 bits per heavy atom. The lowest BCUT2D eigenvalue weighted by Crippen LogP contribution is -2.20. The molecule has 0 spiro atoms. The Bertz CT molecular complexity index is 379. The molecular weight excluding hydrogens is 579 g/mol. The number of carbonyl (C=O) groups excluding carboxylic acids is 1. The number of hydrogen-bond donors (Lipinski definition) is 0. The molecule has 0 saturated carbocycles. The molecule has 3 unspecified atom stereocenters. The molecule has 0 fully saturated rings. The summed E-state index contributed by atoms with van der Waals surface area (Å²) in [5.74, 6) is -0.697. The van der Waals surface area contributed by atoms with E-state index in [4.69, 9.17) is 18.3 Å². The number of ether oxygens (including phenoxy) is 1. The zero-order chi connectivity index (χ0) is 17.2. The predicted octanol–water partition coefficient (Wildman–Crippen LogP) is 4.54. The van der Waals surface area contributed by atoms with Crippen molar-refractivity contribution in [3.63, 3.8) is 0 Å². The summed E-state index contributed by atoms with van der Waals surface area (Å²) in [4.78, 5) is 11.0. The summed E-state index contributed by atoms with van der Waals surface area (Å²) in [6.45, 7) is 4.85. The van der Waals surface area contributed by atoms with Crippen LogP contribution in [0.2, 0.25) is 0 Å². The van der Waals surface area contributed by atoms with Crippen LogP contribution < -0.4 is 0 Å². The smallest absolute Gasteiger partial charge is 0.432 e. The lowest BCUT2D eigenvalue weighted by Gasteiger charge is -2.22. The molecule has 0 aliphatic carbocycles. The molecule has 130 valence electrons. The predicted molar refractivity (Wildman–Crippen MR) is 99.4 cm³/mol. The summed E-state index contributed by atoms with van der Waals surface area (Å²) < 4.78 is 33.0. The van der Waals surface area contributed by atoms with Crippen LogP contribution in [0.3, 0.4) is 0 Å². The highest BCUT2D eigenvalue weighted by Gasteiger charge is 2.32. The van der Waals surface area contributed by atoms with Crippen molar-refractivity contribution >= 4 is 77.5 Å². The van der Waals surface area contributed by atoms with E-state index in [1.807, 2.05) is 0 Å². The van der Waals surface area contributed by atoms with Crippen molar-refractivity contribution in [2.24, 2.45) is 0 Å². The Kier molecular flexibility index (Phi) is 13.3. The second kappa shape index (κ2) is 12.6. The zero-order valence-corrected chi connectivity index (χ0v) is 19.0. The van der Waals surface area contributed by atoms with E-state index >= 15 is 0 Å². The summed E-state index contributed by atoms with van der Waals surface area (Å²) in [5.41, 5.74) is 0. The van der Waals surface area contributed by atoms with Gasteiger partial charge in [0.05, 0.1) is 13.2 Å². The molecular formula is C11H17Br4O6P. The van der Waals surface area contributed by atoms with Gasteiger partial charge in [-0.15, -0.1) is 0 Å². The minimum atomic E-state index is -3.89. The van der Waals surface area contributed by atoms with Crippen molar-refractivity contribution in [2.75, 3.05) is 23.9 Å². The maximum atomic E-state index is 12.6. The highest BCUT2D eigenvalue weighted by atomic mass is 79.9. The molecule has 11 heteroatoms. The van der Waals surface area contributed by atoms with Gasteiger partial charge >= 0.3 is 13.8 Å². The van der Waals surface area contributed by atoms with Crippen LogP contribution in [-0.2, 0) is 27.7 Å². The highest BCUT2D eigenvalue weighted by Crippen LogP contribution is 2.51. The Labute approximate surface area is 163 Å². The van der Waals surface area contributed by atoms with Crippen LogP contribution in [-0.4, -0.2) is 45.8 Å². The number of esters is 1. The first-order valence-electron chi connectivity index (χ1n) is 6.07. The van der Waals surface area contributed by atoms with Gasteiger partial charge in [-0.05, 0) is 6.92 Å². The molecule has 0 N–H and O–H groups in total. The van der Waals surface area contributed by atoms with Crippen LogP contribution in [0.25, 0.3) is 0 Å². The van der Waals surface area contributed by atoms with Gasteiger partial charge in [0.25, 0.3) is 0 Å². The molecule has 0 aromatic carbocycles. The van der Waals surface area contributed by atoms with Crippen molar-refractivity contribution in [2.45, 2.75) is 22.9 Å². The molecule has 6 nitrogen and oxygen atoms in total. The molecule has 0 rings (SSSR count). The Morgan fingerprint density at radius 1 is 1.18 bits per heavy atom. The Morgan fingerprint density at radius 2 is 1.64 bits per heavy atom. The summed E-state index contributed by atoms with van der Waals surface area (Å²) in [5, 5.41) is 1.19. The van der Waals surface area contributed by atoms with Crippen molar-refractivity contribution in [3.05, 3.63) is 12.7 Å². The van der Waals surface area contributed by atoms with Gasteiger partial charge in [-0.3, -0.25) is 9.05 Å². The van der Waals surface area contributed by atoms with Crippen molar-refractivity contribution in [1.29, 1.82) is 0 Å². The minimum absolute atomic E-state index is 0.0741. The molecule has 0 aliphatic heterocycles. The van der Waals surface area contributed by atoms with Crippen LogP contribution in [0.5, 0.6) is 0 Å². The third kappa shape index (κ3) is 10.9. The monoisotopic (exact) mass is 592 g/mol. The molecule has 0 saturated heterocycles. The zero-order valence-electron chi connectivity index (χ0n) is 11.8. The lowest BCUT2D eigenvalue weighted by atomic mass is 10.5. The van der Waals surface area contributed by atoms with Gasteiger partial charge in [-0.25, -0.2) is 13.9 Å². The SMILES string of the molecule is C=CC(=O)OC(C)OP(=O)(OCC(Br)CBr)OCC(Br)CBr.